The van der Waals surface area contributed by atoms with E-state index >= 15 is 0 Å². The summed E-state index contributed by atoms with van der Waals surface area (Å²) in [4.78, 5) is 30.7. The lowest BCUT2D eigenvalue weighted by atomic mass is 10.1. The van der Waals surface area contributed by atoms with Crippen LogP contribution in [0.2, 0.25) is 0 Å². The minimum Gasteiger partial charge on any atom is -0.297 e. The van der Waals surface area contributed by atoms with Crippen molar-refractivity contribution in [1.29, 1.82) is 0 Å². The SMILES string of the molecule is O=C1CC(N2CCN(CC=Cc3ccccc3)CC2)C(=O)N1c1ccc(C(F)(F)F)cc1. The van der Waals surface area contributed by atoms with E-state index in [1.165, 1.54) is 12.1 Å². The molecule has 0 spiro atoms. The van der Waals surface area contributed by atoms with Crippen LogP contribution in [0.15, 0.2) is 60.7 Å². The molecule has 0 bridgehead atoms. The molecule has 0 saturated carbocycles. The van der Waals surface area contributed by atoms with Crippen molar-refractivity contribution in [3.63, 3.8) is 0 Å². The molecule has 2 saturated heterocycles. The van der Waals surface area contributed by atoms with Gasteiger partial charge in [-0.3, -0.25) is 19.4 Å². The fourth-order valence-corrected chi connectivity index (χ4v) is 4.13. The maximum absolute atomic E-state index is 12.9. The average Bonchev–Trinajstić information content (AvgIpc) is 3.08. The van der Waals surface area contributed by atoms with Gasteiger partial charge in [0.1, 0.15) is 0 Å². The zero-order valence-corrected chi connectivity index (χ0v) is 17.5. The van der Waals surface area contributed by atoms with Crippen molar-refractivity contribution in [1.82, 2.24) is 9.80 Å². The second kappa shape index (κ2) is 9.26. The third-order valence-electron chi connectivity index (χ3n) is 5.90. The number of carbonyl (C=O) groups excluding carboxylic acids is 2. The molecule has 2 amide bonds. The molecule has 32 heavy (non-hydrogen) atoms. The van der Waals surface area contributed by atoms with Gasteiger partial charge in [0.05, 0.1) is 23.7 Å². The van der Waals surface area contributed by atoms with E-state index in [1.54, 1.807) is 0 Å². The number of carbonyl (C=O) groups is 2. The molecule has 0 N–H and O–H groups in total. The minimum absolute atomic E-state index is 0.0494. The average molecular weight is 443 g/mol. The molecule has 0 aliphatic carbocycles. The number of benzene rings is 2. The summed E-state index contributed by atoms with van der Waals surface area (Å²) < 4.78 is 38.4. The predicted octanol–water partition coefficient (Wildman–Crippen LogP) is 3.67. The number of rotatable bonds is 5. The summed E-state index contributed by atoms with van der Waals surface area (Å²) in [6.07, 6.45) is -0.223. The van der Waals surface area contributed by atoms with Crippen LogP contribution in [0.3, 0.4) is 0 Å². The Balaban J connectivity index is 1.33. The first-order chi connectivity index (χ1) is 15.3. The molecule has 2 aromatic carbocycles. The Morgan fingerprint density at radius 2 is 1.56 bits per heavy atom. The normalized spacial score (nSPS) is 21.1. The predicted molar refractivity (Wildman–Crippen MR) is 116 cm³/mol. The molecule has 0 aromatic heterocycles. The maximum Gasteiger partial charge on any atom is 0.416 e. The first-order valence-electron chi connectivity index (χ1n) is 10.5. The summed E-state index contributed by atoms with van der Waals surface area (Å²) in [5, 5.41) is 0. The molecule has 5 nitrogen and oxygen atoms in total. The summed E-state index contributed by atoms with van der Waals surface area (Å²) >= 11 is 0. The van der Waals surface area contributed by atoms with Gasteiger partial charge in [0.15, 0.2) is 0 Å². The smallest absolute Gasteiger partial charge is 0.297 e. The molecule has 8 heteroatoms. The van der Waals surface area contributed by atoms with Crippen molar-refractivity contribution in [2.45, 2.75) is 18.6 Å². The number of anilines is 1. The van der Waals surface area contributed by atoms with E-state index in [9.17, 15) is 22.8 Å². The highest BCUT2D eigenvalue weighted by atomic mass is 19.4. The lowest BCUT2D eigenvalue weighted by Crippen LogP contribution is -2.52. The third-order valence-corrected chi connectivity index (χ3v) is 5.90. The topological polar surface area (TPSA) is 43.9 Å². The van der Waals surface area contributed by atoms with Gasteiger partial charge in [0, 0.05) is 32.7 Å². The molecule has 2 heterocycles. The number of piperazine rings is 1. The highest BCUT2D eigenvalue weighted by molar-refractivity contribution is 6.22. The largest absolute Gasteiger partial charge is 0.416 e. The van der Waals surface area contributed by atoms with Gasteiger partial charge in [0.2, 0.25) is 5.91 Å². The first-order valence-corrected chi connectivity index (χ1v) is 10.5. The van der Waals surface area contributed by atoms with Crippen molar-refractivity contribution >= 4 is 23.6 Å². The van der Waals surface area contributed by atoms with Crippen molar-refractivity contribution in [2.75, 3.05) is 37.6 Å². The summed E-state index contributed by atoms with van der Waals surface area (Å²) in [6, 6.07) is 13.6. The van der Waals surface area contributed by atoms with Crippen LogP contribution >= 0.6 is 0 Å². The number of imide groups is 1. The molecule has 2 aromatic rings. The van der Waals surface area contributed by atoms with E-state index in [0.717, 1.165) is 42.2 Å². The van der Waals surface area contributed by atoms with E-state index in [4.69, 9.17) is 0 Å². The molecule has 2 aliphatic heterocycles. The Kier molecular flexibility index (Phi) is 6.43. The third kappa shape index (κ3) is 4.92. The molecule has 1 unspecified atom stereocenters. The van der Waals surface area contributed by atoms with Gasteiger partial charge in [-0.25, -0.2) is 4.90 Å². The van der Waals surface area contributed by atoms with Crippen LogP contribution in [0.4, 0.5) is 18.9 Å². The van der Waals surface area contributed by atoms with Gasteiger partial charge in [-0.1, -0.05) is 42.5 Å². The van der Waals surface area contributed by atoms with Crippen LogP contribution in [0.1, 0.15) is 17.5 Å². The standard InChI is InChI=1S/C24H24F3N3O2/c25-24(26,27)19-8-10-20(11-9-19)30-22(31)17-21(23(30)32)29-15-13-28(14-16-29)12-4-7-18-5-2-1-3-6-18/h1-11,21H,12-17H2. The lowest BCUT2D eigenvalue weighted by molar-refractivity contribution is -0.137. The van der Waals surface area contributed by atoms with E-state index in [2.05, 4.69) is 17.1 Å². The summed E-state index contributed by atoms with van der Waals surface area (Å²) in [6.45, 7) is 3.67. The number of amides is 2. The van der Waals surface area contributed by atoms with E-state index < -0.39 is 17.8 Å². The molecule has 168 valence electrons. The van der Waals surface area contributed by atoms with E-state index in [1.807, 2.05) is 35.2 Å². The number of alkyl halides is 3. The zero-order valence-electron chi connectivity index (χ0n) is 17.5. The van der Waals surface area contributed by atoms with E-state index in [0.29, 0.717) is 13.1 Å². The fraction of sp³-hybridized carbons (Fsp3) is 0.333. The molecule has 0 radical (unpaired) electrons. The maximum atomic E-state index is 12.9. The van der Waals surface area contributed by atoms with Gasteiger partial charge < -0.3 is 0 Å². The van der Waals surface area contributed by atoms with Crippen LogP contribution in [0, 0.1) is 0 Å². The lowest BCUT2D eigenvalue weighted by Gasteiger charge is -2.36. The van der Waals surface area contributed by atoms with Crippen LogP contribution in [-0.4, -0.2) is 60.4 Å². The van der Waals surface area contributed by atoms with Crippen LogP contribution in [0.25, 0.3) is 6.08 Å². The number of hydrogen-bond donors (Lipinski definition) is 0. The van der Waals surface area contributed by atoms with Gasteiger partial charge in [0.25, 0.3) is 5.91 Å². The molecular formula is C24H24F3N3O2. The molecular weight excluding hydrogens is 419 g/mol. The Hall–Kier alpha value is -2.97. The van der Waals surface area contributed by atoms with Crippen molar-refractivity contribution in [3.8, 4) is 0 Å². The van der Waals surface area contributed by atoms with Crippen molar-refractivity contribution < 1.29 is 22.8 Å². The zero-order chi connectivity index (χ0) is 22.7. The first kappa shape index (κ1) is 22.2. The fourth-order valence-electron chi connectivity index (χ4n) is 4.13. The van der Waals surface area contributed by atoms with Gasteiger partial charge in [-0.2, -0.15) is 13.2 Å². The van der Waals surface area contributed by atoms with Gasteiger partial charge >= 0.3 is 6.18 Å². The van der Waals surface area contributed by atoms with Crippen molar-refractivity contribution in [3.05, 3.63) is 71.8 Å². The highest BCUT2D eigenvalue weighted by Gasteiger charge is 2.43. The Morgan fingerprint density at radius 3 is 2.19 bits per heavy atom. The Bertz CT molecular complexity index is 982. The van der Waals surface area contributed by atoms with Crippen LogP contribution < -0.4 is 4.90 Å². The second-order valence-electron chi connectivity index (χ2n) is 7.98. The molecule has 1 atom stereocenters. The Morgan fingerprint density at radius 1 is 0.906 bits per heavy atom. The summed E-state index contributed by atoms with van der Waals surface area (Å²) in [7, 11) is 0. The molecule has 4 rings (SSSR count). The second-order valence-corrected chi connectivity index (χ2v) is 7.98. The molecule has 2 fully saturated rings. The quantitative estimate of drug-likeness (QED) is 0.662. The highest BCUT2D eigenvalue weighted by Crippen LogP contribution is 2.32. The number of hydrogen-bond acceptors (Lipinski definition) is 4. The van der Waals surface area contributed by atoms with Crippen molar-refractivity contribution in [2.24, 2.45) is 0 Å². The van der Waals surface area contributed by atoms with Crippen LogP contribution in [0.5, 0.6) is 0 Å². The molecule has 2 aliphatic rings. The van der Waals surface area contributed by atoms with Gasteiger partial charge in [-0.05, 0) is 29.8 Å². The minimum atomic E-state index is -4.46. The van der Waals surface area contributed by atoms with Crippen LogP contribution in [-0.2, 0) is 15.8 Å². The number of halogens is 3. The summed E-state index contributed by atoms with van der Waals surface area (Å²) in [5.41, 5.74) is 0.513. The summed E-state index contributed by atoms with van der Waals surface area (Å²) in [5.74, 6) is -0.750. The number of nitrogens with zero attached hydrogens (tertiary/aromatic N) is 3. The van der Waals surface area contributed by atoms with Gasteiger partial charge in [-0.15, -0.1) is 0 Å². The Labute approximate surface area is 184 Å². The van der Waals surface area contributed by atoms with E-state index in [-0.39, 0.29) is 23.9 Å². The monoisotopic (exact) mass is 443 g/mol.